The van der Waals surface area contributed by atoms with Crippen LogP contribution >= 0.6 is 12.4 Å². The normalized spacial score (nSPS) is 19.4. The van der Waals surface area contributed by atoms with Crippen LogP contribution in [0, 0.1) is 0 Å². The van der Waals surface area contributed by atoms with Crippen LogP contribution in [0.25, 0.3) is 0 Å². The SMILES string of the molecule is Cl.O=S(=O)(NCC1NCCc2ccccc21)c1cnc2n1CCC2. The van der Waals surface area contributed by atoms with E-state index < -0.39 is 10.0 Å². The van der Waals surface area contributed by atoms with Gasteiger partial charge in [0.1, 0.15) is 5.82 Å². The van der Waals surface area contributed by atoms with Crippen LogP contribution < -0.4 is 10.0 Å². The first-order valence-corrected chi connectivity index (χ1v) is 9.49. The second-order valence-electron chi connectivity index (χ2n) is 6.08. The summed E-state index contributed by atoms with van der Waals surface area (Å²) in [5, 5.41) is 3.68. The molecule has 4 rings (SSSR count). The third-order valence-electron chi connectivity index (χ3n) is 4.65. The van der Waals surface area contributed by atoms with Gasteiger partial charge in [0.05, 0.1) is 6.20 Å². The van der Waals surface area contributed by atoms with E-state index in [-0.39, 0.29) is 23.5 Å². The molecule has 1 aromatic heterocycles. The number of imidazole rings is 1. The Morgan fingerprint density at radius 1 is 1.29 bits per heavy atom. The number of hydrogen-bond acceptors (Lipinski definition) is 4. The highest BCUT2D eigenvalue weighted by Crippen LogP contribution is 2.23. The molecule has 0 amide bonds. The molecule has 3 heterocycles. The number of rotatable bonds is 4. The molecule has 0 spiro atoms. The number of fused-ring (bicyclic) bond motifs is 2. The minimum atomic E-state index is -3.53. The number of aromatic nitrogens is 2. The molecule has 2 N–H and O–H groups in total. The van der Waals surface area contributed by atoms with Crippen molar-refractivity contribution in [2.24, 2.45) is 0 Å². The van der Waals surface area contributed by atoms with Crippen molar-refractivity contribution in [2.45, 2.75) is 36.9 Å². The zero-order valence-corrected chi connectivity index (χ0v) is 14.9. The van der Waals surface area contributed by atoms with Crippen LogP contribution in [0.1, 0.15) is 29.4 Å². The van der Waals surface area contributed by atoms with Gasteiger partial charge in [0, 0.05) is 25.6 Å². The molecule has 0 aliphatic carbocycles. The number of halogens is 1. The molecule has 24 heavy (non-hydrogen) atoms. The van der Waals surface area contributed by atoms with Gasteiger partial charge in [-0.05, 0) is 30.5 Å². The lowest BCUT2D eigenvalue weighted by molar-refractivity contribution is 0.489. The molecule has 0 saturated carbocycles. The van der Waals surface area contributed by atoms with Crippen molar-refractivity contribution in [1.29, 1.82) is 0 Å². The summed E-state index contributed by atoms with van der Waals surface area (Å²) >= 11 is 0. The first-order chi connectivity index (χ1) is 11.1. The van der Waals surface area contributed by atoms with Gasteiger partial charge in [0.2, 0.25) is 0 Å². The summed E-state index contributed by atoms with van der Waals surface area (Å²) in [5.74, 6) is 0.867. The second-order valence-corrected chi connectivity index (χ2v) is 7.79. The van der Waals surface area contributed by atoms with Crippen molar-refractivity contribution in [2.75, 3.05) is 13.1 Å². The molecule has 2 aliphatic heterocycles. The topological polar surface area (TPSA) is 76.0 Å². The Morgan fingerprint density at radius 2 is 2.12 bits per heavy atom. The van der Waals surface area contributed by atoms with Gasteiger partial charge < -0.3 is 9.88 Å². The summed E-state index contributed by atoms with van der Waals surface area (Å²) < 4.78 is 29.8. The first kappa shape index (κ1) is 17.4. The van der Waals surface area contributed by atoms with Gasteiger partial charge in [-0.15, -0.1) is 12.4 Å². The molecule has 0 radical (unpaired) electrons. The zero-order valence-electron chi connectivity index (χ0n) is 13.2. The first-order valence-electron chi connectivity index (χ1n) is 8.00. The Balaban J connectivity index is 0.00000169. The van der Waals surface area contributed by atoms with E-state index in [1.807, 2.05) is 16.7 Å². The van der Waals surface area contributed by atoms with Crippen molar-refractivity contribution < 1.29 is 8.42 Å². The van der Waals surface area contributed by atoms with E-state index in [1.165, 1.54) is 17.3 Å². The third kappa shape index (κ3) is 3.09. The molecule has 1 atom stereocenters. The molecule has 2 aliphatic rings. The molecule has 1 aromatic carbocycles. The van der Waals surface area contributed by atoms with E-state index in [0.717, 1.165) is 38.2 Å². The van der Waals surface area contributed by atoms with Crippen molar-refractivity contribution >= 4 is 22.4 Å². The van der Waals surface area contributed by atoms with Crippen molar-refractivity contribution in [3.8, 4) is 0 Å². The van der Waals surface area contributed by atoms with E-state index >= 15 is 0 Å². The van der Waals surface area contributed by atoms with Crippen LogP contribution in [-0.4, -0.2) is 31.1 Å². The smallest absolute Gasteiger partial charge is 0.257 e. The predicted molar refractivity (Wildman–Crippen MR) is 93.9 cm³/mol. The predicted octanol–water partition coefficient (Wildman–Crippen LogP) is 1.42. The average molecular weight is 369 g/mol. The van der Waals surface area contributed by atoms with E-state index in [2.05, 4.69) is 27.2 Å². The van der Waals surface area contributed by atoms with Gasteiger partial charge >= 0.3 is 0 Å². The van der Waals surface area contributed by atoms with Crippen LogP contribution in [0.3, 0.4) is 0 Å². The molecule has 1 unspecified atom stereocenters. The van der Waals surface area contributed by atoms with E-state index in [9.17, 15) is 8.42 Å². The molecular formula is C16H21ClN4O2S. The number of hydrogen-bond donors (Lipinski definition) is 2. The molecule has 0 bridgehead atoms. The van der Waals surface area contributed by atoms with Gasteiger partial charge in [-0.1, -0.05) is 24.3 Å². The number of sulfonamides is 1. The lowest BCUT2D eigenvalue weighted by Gasteiger charge is -2.27. The van der Waals surface area contributed by atoms with Gasteiger partial charge in [-0.25, -0.2) is 18.1 Å². The fraction of sp³-hybridized carbons (Fsp3) is 0.438. The Hall–Kier alpha value is -1.41. The molecule has 2 aromatic rings. The number of nitrogens with zero attached hydrogens (tertiary/aromatic N) is 2. The maximum absolute atomic E-state index is 12.6. The molecule has 0 saturated heterocycles. The fourth-order valence-electron chi connectivity index (χ4n) is 3.49. The third-order valence-corrected chi connectivity index (χ3v) is 6.08. The second kappa shape index (κ2) is 6.84. The van der Waals surface area contributed by atoms with Gasteiger partial charge in [-0.3, -0.25) is 0 Å². The van der Waals surface area contributed by atoms with Crippen LogP contribution in [0.5, 0.6) is 0 Å². The summed E-state index contributed by atoms with van der Waals surface area (Å²) in [7, 11) is -3.53. The summed E-state index contributed by atoms with van der Waals surface area (Å²) in [6, 6.07) is 8.21. The molecule has 8 heteroatoms. The zero-order chi connectivity index (χ0) is 15.9. The Bertz CT molecular complexity index is 834. The number of aryl methyl sites for hydroxylation is 1. The molecule has 0 fully saturated rings. The summed E-state index contributed by atoms with van der Waals surface area (Å²) in [6.07, 6.45) is 4.27. The minimum Gasteiger partial charge on any atom is -0.318 e. The summed E-state index contributed by atoms with van der Waals surface area (Å²) in [6.45, 7) is 1.95. The molecule has 6 nitrogen and oxygen atoms in total. The standard InChI is InChI=1S/C16H20N4O2S.ClH/c21-23(22,16-11-18-15-6-3-9-20(15)16)19-10-14-13-5-2-1-4-12(13)7-8-17-14;/h1-2,4-5,11,14,17,19H,3,6-10H2;1H. The maximum atomic E-state index is 12.6. The van der Waals surface area contributed by atoms with Crippen LogP contribution in [0.4, 0.5) is 0 Å². The highest BCUT2D eigenvalue weighted by molar-refractivity contribution is 7.89. The Morgan fingerprint density at radius 3 is 3.00 bits per heavy atom. The average Bonchev–Trinajstić information content (AvgIpc) is 3.16. The highest BCUT2D eigenvalue weighted by atomic mass is 35.5. The van der Waals surface area contributed by atoms with E-state index in [0.29, 0.717) is 6.54 Å². The Kier molecular flexibility index (Phi) is 4.96. The fourth-order valence-corrected chi connectivity index (χ4v) is 4.70. The summed E-state index contributed by atoms with van der Waals surface area (Å²) in [4.78, 5) is 4.22. The largest absolute Gasteiger partial charge is 0.318 e. The molecule has 130 valence electrons. The van der Waals surface area contributed by atoms with Gasteiger partial charge in [-0.2, -0.15) is 0 Å². The van der Waals surface area contributed by atoms with Gasteiger partial charge in [0.15, 0.2) is 5.03 Å². The van der Waals surface area contributed by atoms with Crippen LogP contribution in [0.15, 0.2) is 35.5 Å². The van der Waals surface area contributed by atoms with Gasteiger partial charge in [0.25, 0.3) is 10.0 Å². The quantitative estimate of drug-likeness (QED) is 0.855. The minimum absolute atomic E-state index is 0. The van der Waals surface area contributed by atoms with Crippen molar-refractivity contribution in [3.05, 3.63) is 47.4 Å². The number of nitrogens with one attached hydrogen (secondary N) is 2. The lowest BCUT2D eigenvalue weighted by atomic mass is 9.95. The summed E-state index contributed by atoms with van der Waals surface area (Å²) in [5.41, 5.74) is 2.47. The molecular weight excluding hydrogens is 348 g/mol. The van der Waals surface area contributed by atoms with E-state index in [1.54, 1.807) is 0 Å². The number of benzene rings is 1. The lowest BCUT2D eigenvalue weighted by Crippen LogP contribution is -2.39. The monoisotopic (exact) mass is 368 g/mol. The van der Waals surface area contributed by atoms with Crippen LogP contribution in [0.2, 0.25) is 0 Å². The maximum Gasteiger partial charge on any atom is 0.257 e. The van der Waals surface area contributed by atoms with E-state index in [4.69, 9.17) is 0 Å². The van der Waals surface area contributed by atoms with Crippen LogP contribution in [-0.2, 0) is 29.4 Å². The highest BCUT2D eigenvalue weighted by Gasteiger charge is 2.27. The van der Waals surface area contributed by atoms with Crippen molar-refractivity contribution in [3.63, 3.8) is 0 Å². The van der Waals surface area contributed by atoms with Crippen molar-refractivity contribution in [1.82, 2.24) is 19.6 Å². The Labute approximate surface area is 148 Å².